The lowest BCUT2D eigenvalue weighted by atomic mass is 9.99. The average Bonchev–Trinajstić information content (AvgIpc) is 3.26. The number of aliphatic hydroxyl groups is 4. The van der Waals surface area contributed by atoms with E-state index in [1.807, 2.05) is 0 Å². The first-order valence-corrected chi connectivity index (χ1v) is 11.8. The van der Waals surface area contributed by atoms with E-state index in [4.69, 9.17) is 14.9 Å². The minimum Gasteiger partial charge on any atom is -0.462 e. The number of halogens is 2. The summed E-state index contributed by atoms with van der Waals surface area (Å²) in [4.78, 5) is 4.28. The predicted octanol–water partition coefficient (Wildman–Crippen LogP) is 0.349. The predicted molar refractivity (Wildman–Crippen MR) is 131 cm³/mol. The molecule has 0 radical (unpaired) electrons. The number of aliphatic hydroxyl groups excluding tert-OH is 4. The van der Waals surface area contributed by atoms with Crippen LogP contribution in [0.25, 0.3) is 16.7 Å². The number of fused-ring (bicyclic) bond motifs is 1. The molecule has 5 unspecified atom stereocenters. The molecule has 5 atom stereocenters. The number of ether oxygens (including phenoxy) is 2. The normalized spacial score (nSPS) is 23.5. The van der Waals surface area contributed by atoms with E-state index in [1.165, 1.54) is 28.0 Å². The molecule has 0 bridgehead atoms. The summed E-state index contributed by atoms with van der Waals surface area (Å²) < 4.78 is 41.0. The van der Waals surface area contributed by atoms with Gasteiger partial charge in [0.15, 0.2) is 17.0 Å². The van der Waals surface area contributed by atoms with E-state index in [1.54, 1.807) is 31.2 Å². The van der Waals surface area contributed by atoms with Crippen LogP contribution < -0.4 is 10.2 Å². The van der Waals surface area contributed by atoms with Crippen molar-refractivity contribution in [2.75, 3.05) is 6.61 Å². The Morgan fingerprint density at radius 2 is 1.85 bits per heavy atom. The summed E-state index contributed by atoms with van der Waals surface area (Å²) >= 11 is 0. The van der Waals surface area contributed by atoms with Crippen LogP contribution in [0.15, 0.2) is 53.9 Å². The Kier molecular flexibility index (Phi) is 7.20. The van der Waals surface area contributed by atoms with Crippen LogP contribution in [0.1, 0.15) is 11.3 Å². The fraction of sp³-hybridized carbons (Fsp3) is 0.280. The maximum atomic E-state index is 14.3. The highest BCUT2D eigenvalue weighted by molar-refractivity contribution is 5.80. The van der Waals surface area contributed by atoms with E-state index in [2.05, 4.69) is 15.2 Å². The quantitative estimate of drug-likeness (QED) is 0.217. The largest absolute Gasteiger partial charge is 0.462 e. The SMILES string of the molecule is Cc1nn(-c2ccc(F)cc2F)c2ncn(N=Cc3ccc(OC4OC(CO)C(O)C(O)C4O)cc3)c(=N)c12. The molecule has 1 saturated heterocycles. The summed E-state index contributed by atoms with van der Waals surface area (Å²) in [6.45, 7) is 1.07. The van der Waals surface area contributed by atoms with Gasteiger partial charge in [-0.05, 0) is 48.9 Å². The van der Waals surface area contributed by atoms with Crippen LogP contribution in [0.5, 0.6) is 5.75 Å². The van der Waals surface area contributed by atoms with Crippen LogP contribution in [0.3, 0.4) is 0 Å². The van der Waals surface area contributed by atoms with E-state index >= 15 is 0 Å². The van der Waals surface area contributed by atoms with E-state index in [9.17, 15) is 29.2 Å². The third-order valence-electron chi connectivity index (χ3n) is 6.24. The highest BCUT2D eigenvalue weighted by atomic mass is 19.1. The first-order chi connectivity index (χ1) is 18.7. The second-order valence-electron chi connectivity index (χ2n) is 8.86. The molecule has 3 heterocycles. The van der Waals surface area contributed by atoms with Crippen LogP contribution in [-0.4, -0.2) is 83.4 Å². The van der Waals surface area contributed by atoms with Gasteiger partial charge in [0.1, 0.15) is 48.0 Å². The second-order valence-corrected chi connectivity index (χ2v) is 8.86. The summed E-state index contributed by atoms with van der Waals surface area (Å²) in [5.74, 6) is -1.26. The Bertz CT molecular complexity index is 1590. The molecule has 1 aliphatic heterocycles. The van der Waals surface area contributed by atoms with Gasteiger partial charge in [-0.1, -0.05) is 0 Å². The molecule has 39 heavy (non-hydrogen) atoms. The van der Waals surface area contributed by atoms with E-state index in [0.717, 1.165) is 12.1 Å². The summed E-state index contributed by atoms with van der Waals surface area (Å²) in [6.07, 6.45) is -4.25. The Morgan fingerprint density at radius 1 is 1.10 bits per heavy atom. The van der Waals surface area contributed by atoms with Crippen molar-refractivity contribution in [3.8, 4) is 11.4 Å². The number of hydrogen-bond acceptors (Lipinski definition) is 10. The molecule has 14 heteroatoms. The van der Waals surface area contributed by atoms with Gasteiger partial charge in [0.25, 0.3) is 0 Å². The Hall–Kier alpha value is -4.08. The number of benzene rings is 2. The van der Waals surface area contributed by atoms with Crippen molar-refractivity contribution in [3.63, 3.8) is 0 Å². The molecule has 5 rings (SSSR count). The maximum Gasteiger partial charge on any atom is 0.229 e. The van der Waals surface area contributed by atoms with Crippen LogP contribution >= 0.6 is 0 Å². The first-order valence-electron chi connectivity index (χ1n) is 11.8. The zero-order valence-electron chi connectivity index (χ0n) is 20.4. The maximum absolute atomic E-state index is 14.3. The molecule has 1 aliphatic rings. The van der Waals surface area contributed by atoms with Gasteiger partial charge < -0.3 is 29.9 Å². The lowest BCUT2D eigenvalue weighted by Crippen LogP contribution is -2.60. The van der Waals surface area contributed by atoms with Crippen LogP contribution in [-0.2, 0) is 4.74 Å². The Balaban J connectivity index is 1.35. The van der Waals surface area contributed by atoms with Crippen molar-refractivity contribution < 1.29 is 38.7 Å². The van der Waals surface area contributed by atoms with E-state index in [-0.39, 0.29) is 22.6 Å². The number of nitrogens with one attached hydrogen (secondary N) is 1. The molecule has 2 aromatic heterocycles. The van der Waals surface area contributed by atoms with Gasteiger partial charge in [0.2, 0.25) is 6.29 Å². The minimum atomic E-state index is -1.56. The van der Waals surface area contributed by atoms with Gasteiger partial charge in [0, 0.05) is 6.07 Å². The van der Waals surface area contributed by atoms with Gasteiger partial charge in [-0.15, -0.1) is 0 Å². The fourth-order valence-corrected chi connectivity index (χ4v) is 4.16. The van der Waals surface area contributed by atoms with Crippen molar-refractivity contribution in [1.82, 2.24) is 19.4 Å². The minimum absolute atomic E-state index is 0.00586. The molecule has 4 aromatic rings. The van der Waals surface area contributed by atoms with Crippen molar-refractivity contribution in [3.05, 3.63) is 77.2 Å². The number of rotatable bonds is 6. The first kappa shape index (κ1) is 26.5. The number of aromatic nitrogens is 4. The topological polar surface area (TPSA) is 171 Å². The molecule has 0 spiro atoms. The van der Waals surface area contributed by atoms with Gasteiger partial charge in [0.05, 0.1) is 23.9 Å². The molecule has 204 valence electrons. The molecule has 0 saturated carbocycles. The lowest BCUT2D eigenvalue weighted by molar-refractivity contribution is -0.277. The van der Waals surface area contributed by atoms with Crippen molar-refractivity contribution in [2.45, 2.75) is 37.6 Å². The molecule has 1 fully saturated rings. The van der Waals surface area contributed by atoms with Crippen LogP contribution in [0.4, 0.5) is 8.78 Å². The van der Waals surface area contributed by atoms with Gasteiger partial charge >= 0.3 is 0 Å². The molecule has 2 aromatic carbocycles. The summed E-state index contributed by atoms with van der Waals surface area (Å²) in [5.41, 5.74) is 1.18. The molecule has 5 N–H and O–H groups in total. The number of aryl methyl sites for hydroxylation is 1. The van der Waals surface area contributed by atoms with Crippen LogP contribution in [0.2, 0.25) is 0 Å². The van der Waals surface area contributed by atoms with Crippen LogP contribution in [0, 0.1) is 24.0 Å². The van der Waals surface area contributed by atoms with Gasteiger partial charge in [-0.25, -0.2) is 23.1 Å². The number of hydrogen-bond donors (Lipinski definition) is 5. The summed E-state index contributed by atoms with van der Waals surface area (Å²) in [6, 6.07) is 9.49. The van der Waals surface area contributed by atoms with Gasteiger partial charge in [-0.2, -0.15) is 10.2 Å². The lowest BCUT2D eigenvalue weighted by Gasteiger charge is -2.39. The number of nitrogens with zero attached hydrogens (tertiary/aromatic N) is 5. The Labute approximate surface area is 219 Å². The molecule has 0 amide bonds. The Morgan fingerprint density at radius 3 is 2.54 bits per heavy atom. The molecular formula is C25H24F2N6O6. The summed E-state index contributed by atoms with van der Waals surface area (Å²) in [5, 5.41) is 56.7. The zero-order chi connectivity index (χ0) is 27.8. The molecular weight excluding hydrogens is 518 g/mol. The van der Waals surface area contributed by atoms with Crippen molar-refractivity contribution in [1.29, 1.82) is 5.41 Å². The third-order valence-corrected chi connectivity index (χ3v) is 6.24. The fourth-order valence-electron chi connectivity index (χ4n) is 4.16. The van der Waals surface area contributed by atoms with E-state index in [0.29, 0.717) is 16.6 Å². The highest BCUT2D eigenvalue weighted by Crippen LogP contribution is 2.24. The van der Waals surface area contributed by atoms with Crippen molar-refractivity contribution in [2.24, 2.45) is 5.10 Å². The molecule has 12 nitrogen and oxygen atoms in total. The summed E-state index contributed by atoms with van der Waals surface area (Å²) in [7, 11) is 0. The third kappa shape index (κ3) is 5.03. The average molecular weight is 542 g/mol. The second kappa shape index (κ2) is 10.6. The molecule has 0 aliphatic carbocycles. The monoisotopic (exact) mass is 542 g/mol. The standard InChI is InChI=1S/C25H24F2N6O6/c1-12-19-23(28)32(11-29-24(19)33(31-12)17-7-4-14(26)8-16(17)27)30-9-13-2-5-15(6-3-13)38-25-22(37)21(36)20(35)18(10-34)39-25/h2-9,11,18,20-22,25,28,34-37H,10H2,1H3. The van der Waals surface area contributed by atoms with E-state index < -0.39 is 48.9 Å². The smallest absolute Gasteiger partial charge is 0.229 e. The highest BCUT2D eigenvalue weighted by Gasteiger charge is 2.44. The zero-order valence-corrected chi connectivity index (χ0v) is 20.4. The van der Waals surface area contributed by atoms with Gasteiger partial charge in [-0.3, -0.25) is 5.41 Å². The van der Waals surface area contributed by atoms with Crippen molar-refractivity contribution >= 4 is 17.2 Å².